The molecule has 1 unspecified atom stereocenters. The van der Waals surface area contributed by atoms with Crippen molar-refractivity contribution in [2.75, 3.05) is 39.3 Å². The molecule has 17 heavy (non-hydrogen) atoms. The molecule has 3 nitrogen and oxygen atoms in total. The van der Waals surface area contributed by atoms with Crippen LogP contribution in [0.4, 0.5) is 0 Å². The molecule has 0 aromatic rings. The second-order valence-corrected chi connectivity index (χ2v) is 5.78. The summed E-state index contributed by atoms with van der Waals surface area (Å²) < 4.78 is 0. The SMILES string of the molecule is CC(CCNCC1CCCC1)N1CCNCC1. The number of rotatable bonds is 6. The van der Waals surface area contributed by atoms with Gasteiger partial charge in [0, 0.05) is 32.2 Å². The van der Waals surface area contributed by atoms with Gasteiger partial charge >= 0.3 is 0 Å². The maximum atomic E-state index is 3.66. The number of piperazine rings is 1. The van der Waals surface area contributed by atoms with Crippen LogP contribution in [0.3, 0.4) is 0 Å². The van der Waals surface area contributed by atoms with Crippen LogP contribution in [0.25, 0.3) is 0 Å². The Morgan fingerprint density at radius 1 is 1.24 bits per heavy atom. The first kappa shape index (κ1) is 13.3. The lowest BCUT2D eigenvalue weighted by atomic mass is 10.1. The minimum absolute atomic E-state index is 0.744. The lowest BCUT2D eigenvalue weighted by molar-refractivity contribution is 0.175. The van der Waals surface area contributed by atoms with Gasteiger partial charge in [0.25, 0.3) is 0 Å². The molecule has 1 atom stereocenters. The van der Waals surface area contributed by atoms with E-state index in [1.54, 1.807) is 0 Å². The second-order valence-electron chi connectivity index (χ2n) is 5.78. The molecular formula is C14H29N3. The third-order valence-electron chi connectivity index (χ3n) is 4.42. The summed E-state index contributed by atoms with van der Waals surface area (Å²) in [5.41, 5.74) is 0. The van der Waals surface area contributed by atoms with E-state index < -0.39 is 0 Å². The lowest BCUT2D eigenvalue weighted by Gasteiger charge is -2.33. The van der Waals surface area contributed by atoms with Crippen LogP contribution in [0.5, 0.6) is 0 Å². The molecule has 100 valence electrons. The first-order valence-corrected chi connectivity index (χ1v) is 7.52. The molecule has 2 aliphatic rings. The molecule has 0 spiro atoms. The van der Waals surface area contributed by atoms with E-state index in [1.165, 1.54) is 71.4 Å². The number of nitrogens with one attached hydrogen (secondary N) is 2. The van der Waals surface area contributed by atoms with Crippen molar-refractivity contribution in [2.45, 2.75) is 45.1 Å². The molecule has 1 aliphatic heterocycles. The zero-order chi connectivity index (χ0) is 11.9. The monoisotopic (exact) mass is 239 g/mol. The van der Waals surface area contributed by atoms with Gasteiger partial charge in [0.1, 0.15) is 0 Å². The third kappa shape index (κ3) is 4.57. The van der Waals surface area contributed by atoms with E-state index in [-0.39, 0.29) is 0 Å². The van der Waals surface area contributed by atoms with Gasteiger partial charge in [0.05, 0.1) is 0 Å². The van der Waals surface area contributed by atoms with Crippen molar-refractivity contribution in [2.24, 2.45) is 5.92 Å². The van der Waals surface area contributed by atoms with E-state index >= 15 is 0 Å². The summed E-state index contributed by atoms with van der Waals surface area (Å²) in [6.07, 6.45) is 7.14. The molecule has 1 saturated heterocycles. The summed E-state index contributed by atoms with van der Waals surface area (Å²) in [5, 5.41) is 7.07. The minimum Gasteiger partial charge on any atom is -0.316 e. The van der Waals surface area contributed by atoms with Crippen LogP contribution in [0.15, 0.2) is 0 Å². The summed E-state index contributed by atoms with van der Waals surface area (Å²) in [5.74, 6) is 0.976. The van der Waals surface area contributed by atoms with E-state index in [2.05, 4.69) is 22.5 Å². The van der Waals surface area contributed by atoms with Crippen molar-refractivity contribution in [3.8, 4) is 0 Å². The third-order valence-corrected chi connectivity index (χ3v) is 4.42. The van der Waals surface area contributed by atoms with Crippen LogP contribution in [-0.2, 0) is 0 Å². The lowest BCUT2D eigenvalue weighted by Crippen LogP contribution is -2.48. The van der Waals surface area contributed by atoms with Crippen molar-refractivity contribution in [3.05, 3.63) is 0 Å². The maximum Gasteiger partial charge on any atom is 0.0110 e. The van der Waals surface area contributed by atoms with Gasteiger partial charge < -0.3 is 10.6 Å². The molecule has 0 radical (unpaired) electrons. The zero-order valence-corrected chi connectivity index (χ0v) is 11.4. The first-order valence-electron chi connectivity index (χ1n) is 7.52. The van der Waals surface area contributed by atoms with Crippen molar-refractivity contribution in [1.29, 1.82) is 0 Å². The fourth-order valence-electron chi connectivity index (χ4n) is 3.14. The van der Waals surface area contributed by atoms with Gasteiger partial charge in [0.15, 0.2) is 0 Å². The molecule has 1 heterocycles. The molecule has 3 heteroatoms. The van der Waals surface area contributed by atoms with Crippen LogP contribution in [-0.4, -0.2) is 50.2 Å². The van der Waals surface area contributed by atoms with Gasteiger partial charge in [0.2, 0.25) is 0 Å². The Labute approximate surface area is 106 Å². The van der Waals surface area contributed by atoms with Crippen molar-refractivity contribution < 1.29 is 0 Å². The standard InChI is InChI=1S/C14H29N3/c1-13(17-10-8-15-9-11-17)6-7-16-12-14-4-2-3-5-14/h13-16H,2-12H2,1H3. The quantitative estimate of drug-likeness (QED) is 0.687. The van der Waals surface area contributed by atoms with Gasteiger partial charge in [-0.2, -0.15) is 0 Å². The van der Waals surface area contributed by atoms with E-state index in [4.69, 9.17) is 0 Å². The number of hydrogen-bond acceptors (Lipinski definition) is 3. The zero-order valence-electron chi connectivity index (χ0n) is 11.4. The van der Waals surface area contributed by atoms with Gasteiger partial charge in [-0.1, -0.05) is 12.8 Å². The van der Waals surface area contributed by atoms with E-state index in [9.17, 15) is 0 Å². The van der Waals surface area contributed by atoms with Gasteiger partial charge in [-0.15, -0.1) is 0 Å². The number of hydrogen-bond donors (Lipinski definition) is 2. The van der Waals surface area contributed by atoms with E-state index in [0.717, 1.165) is 12.0 Å². The highest BCUT2D eigenvalue weighted by Gasteiger charge is 2.17. The van der Waals surface area contributed by atoms with Crippen LogP contribution in [0.2, 0.25) is 0 Å². The van der Waals surface area contributed by atoms with Crippen LogP contribution >= 0.6 is 0 Å². The summed E-state index contributed by atoms with van der Waals surface area (Å²) in [7, 11) is 0. The normalized spacial score (nSPS) is 25.2. The Kier molecular flexibility index (Phi) is 5.75. The Morgan fingerprint density at radius 3 is 2.65 bits per heavy atom. The topological polar surface area (TPSA) is 27.3 Å². The highest BCUT2D eigenvalue weighted by Crippen LogP contribution is 2.23. The van der Waals surface area contributed by atoms with E-state index in [1.807, 2.05) is 0 Å². The van der Waals surface area contributed by atoms with Gasteiger partial charge in [-0.3, -0.25) is 4.90 Å². The van der Waals surface area contributed by atoms with Crippen molar-refractivity contribution in [3.63, 3.8) is 0 Å². The highest BCUT2D eigenvalue weighted by atomic mass is 15.2. The van der Waals surface area contributed by atoms with Gasteiger partial charge in [-0.05, 0) is 45.2 Å². The molecule has 2 rings (SSSR count). The Bertz CT molecular complexity index is 196. The van der Waals surface area contributed by atoms with Crippen LogP contribution < -0.4 is 10.6 Å². The summed E-state index contributed by atoms with van der Waals surface area (Å²) >= 11 is 0. The molecule has 2 fully saturated rings. The average molecular weight is 239 g/mol. The molecule has 1 aliphatic carbocycles. The molecule has 0 amide bonds. The Hall–Kier alpha value is -0.120. The molecule has 0 bridgehead atoms. The van der Waals surface area contributed by atoms with Crippen LogP contribution in [0, 0.1) is 5.92 Å². The minimum atomic E-state index is 0.744. The average Bonchev–Trinajstić information content (AvgIpc) is 2.88. The predicted octanol–water partition coefficient (Wildman–Crippen LogP) is 1.45. The molecule has 1 saturated carbocycles. The fraction of sp³-hybridized carbons (Fsp3) is 1.00. The molecule has 0 aromatic heterocycles. The molecule has 2 N–H and O–H groups in total. The Balaban J connectivity index is 1.51. The van der Waals surface area contributed by atoms with Gasteiger partial charge in [-0.25, -0.2) is 0 Å². The summed E-state index contributed by atoms with van der Waals surface area (Å²) in [4.78, 5) is 2.62. The first-order chi connectivity index (χ1) is 8.36. The van der Waals surface area contributed by atoms with E-state index in [0.29, 0.717) is 0 Å². The molecule has 0 aromatic carbocycles. The predicted molar refractivity (Wildman–Crippen MR) is 73.3 cm³/mol. The maximum absolute atomic E-state index is 3.66. The largest absolute Gasteiger partial charge is 0.316 e. The Morgan fingerprint density at radius 2 is 1.94 bits per heavy atom. The smallest absolute Gasteiger partial charge is 0.0110 e. The fourth-order valence-corrected chi connectivity index (χ4v) is 3.14. The van der Waals surface area contributed by atoms with Crippen molar-refractivity contribution in [1.82, 2.24) is 15.5 Å². The highest BCUT2D eigenvalue weighted by molar-refractivity contribution is 4.75. The van der Waals surface area contributed by atoms with Crippen molar-refractivity contribution >= 4 is 0 Å². The second kappa shape index (κ2) is 7.34. The number of nitrogens with zero attached hydrogens (tertiary/aromatic N) is 1. The summed E-state index contributed by atoms with van der Waals surface area (Å²) in [6.45, 7) is 9.62. The molecular weight excluding hydrogens is 210 g/mol. The summed E-state index contributed by atoms with van der Waals surface area (Å²) in [6, 6.07) is 0.744. The van der Waals surface area contributed by atoms with Crippen LogP contribution in [0.1, 0.15) is 39.0 Å².